The molecule has 18 heavy (non-hydrogen) atoms. The molecule has 0 saturated carbocycles. The lowest BCUT2D eigenvalue weighted by Crippen LogP contribution is -2.40. The molecule has 4 heteroatoms. The van der Waals surface area contributed by atoms with Crippen LogP contribution >= 0.6 is 0 Å². The van der Waals surface area contributed by atoms with Crippen molar-refractivity contribution in [1.82, 2.24) is 5.32 Å². The van der Waals surface area contributed by atoms with Crippen LogP contribution < -0.4 is 5.32 Å². The highest BCUT2D eigenvalue weighted by Crippen LogP contribution is 2.31. The van der Waals surface area contributed by atoms with Crippen LogP contribution in [0, 0.1) is 11.7 Å². The lowest BCUT2D eigenvalue weighted by atomic mass is 9.81. The van der Waals surface area contributed by atoms with Gasteiger partial charge in [0.2, 0.25) is 0 Å². The summed E-state index contributed by atoms with van der Waals surface area (Å²) in [6.07, 6.45) is 0.870. The Morgan fingerprint density at radius 2 is 2.17 bits per heavy atom. The van der Waals surface area contributed by atoms with E-state index in [1.165, 1.54) is 12.1 Å². The molecule has 0 aliphatic carbocycles. The van der Waals surface area contributed by atoms with Gasteiger partial charge >= 0.3 is 5.97 Å². The van der Waals surface area contributed by atoms with Crippen LogP contribution in [0.15, 0.2) is 24.3 Å². The SMILES string of the molecule is CCOC(=O)[C@H]1CNCC[C@@H]1c1ccc(F)cc1. The topological polar surface area (TPSA) is 38.3 Å². The number of carbonyl (C=O) groups is 1. The molecule has 1 aromatic carbocycles. The smallest absolute Gasteiger partial charge is 0.310 e. The highest BCUT2D eigenvalue weighted by atomic mass is 19.1. The highest BCUT2D eigenvalue weighted by Gasteiger charge is 2.32. The van der Waals surface area contributed by atoms with E-state index >= 15 is 0 Å². The Kier molecular flexibility index (Phi) is 4.31. The molecular formula is C14H18FNO2. The number of piperidine rings is 1. The van der Waals surface area contributed by atoms with Crippen molar-refractivity contribution in [3.63, 3.8) is 0 Å². The third-order valence-electron chi connectivity index (χ3n) is 3.37. The molecule has 1 saturated heterocycles. The van der Waals surface area contributed by atoms with Gasteiger partial charge in [0.1, 0.15) is 5.82 Å². The van der Waals surface area contributed by atoms with Gasteiger partial charge in [-0.05, 0) is 43.5 Å². The molecule has 0 unspecified atom stereocenters. The van der Waals surface area contributed by atoms with Crippen molar-refractivity contribution in [2.45, 2.75) is 19.3 Å². The second-order valence-corrected chi connectivity index (χ2v) is 4.51. The number of esters is 1. The number of hydrogen-bond donors (Lipinski definition) is 1. The zero-order valence-electron chi connectivity index (χ0n) is 10.5. The Morgan fingerprint density at radius 3 is 2.83 bits per heavy atom. The lowest BCUT2D eigenvalue weighted by molar-refractivity contribution is -0.149. The van der Waals surface area contributed by atoms with Crippen molar-refractivity contribution in [3.8, 4) is 0 Å². The first-order valence-electron chi connectivity index (χ1n) is 6.35. The number of ether oxygens (including phenoxy) is 1. The van der Waals surface area contributed by atoms with E-state index in [-0.39, 0.29) is 23.6 Å². The molecule has 3 nitrogen and oxygen atoms in total. The molecule has 1 aliphatic heterocycles. The predicted molar refractivity (Wildman–Crippen MR) is 66.8 cm³/mol. The Balaban J connectivity index is 2.17. The third-order valence-corrected chi connectivity index (χ3v) is 3.37. The number of benzene rings is 1. The van der Waals surface area contributed by atoms with Crippen LogP contribution in [0.3, 0.4) is 0 Å². The van der Waals surface area contributed by atoms with Gasteiger partial charge in [0.15, 0.2) is 0 Å². The summed E-state index contributed by atoms with van der Waals surface area (Å²) in [4.78, 5) is 11.9. The Labute approximate surface area is 106 Å². The van der Waals surface area contributed by atoms with E-state index in [9.17, 15) is 9.18 Å². The number of halogens is 1. The van der Waals surface area contributed by atoms with Crippen LogP contribution in [-0.4, -0.2) is 25.7 Å². The van der Waals surface area contributed by atoms with Crippen molar-refractivity contribution in [2.75, 3.05) is 19.7 Å². The van der Waals surface area contributed by atoms with Crippen LogP contribution in [0.25, 0.3) is 0 Å². The second kappa shape index (κ2) is 5.96. The zero-order chi connectivity index (χ0) is 13.0. The predicted octanol–water partition coefficient (Wildman–Crippen LogP) is 2.08. The summed E-state index contributed by atoms with van der Waals surface area (Å²) < 4.78 is 18.0. The number of nitrogens with one attached hydrogen (secondary N) is 1. The molecule has 1 fully saturated rings. The fourth-order valence-electron chi connectivity index (χ4n) is 2.46. The largest absolute Gasteiger partial charge is 0.466 e. The maximum absolute atomic E-state index is 12.9. The number of rotatable bonds is 3. The van der Waals surface area contributed by atoms with Crippen molar-refractivity contribution in [1.29, 1.82) is 0 Å². The maximum Gasteiger partial charge on any atom is 0.310 e. The zero-order valence-corrected chi connectivity index (χ0v) is 10.5. The second-order valence-electron chi connectivity index (χ2n) is 4.51. The number of hydrogen-bond acceptors (Lipinski definition) is 3. The van der Waals surface area contributed by atoms with E-state index in [0.29, 0.717) is 13.2 Å². The minimum absolute atomic E-state index is 0.117. The lowest BCUT2D eigenvalue weighted by Gasteiger charge is -2.30. The minimum Gasteiger partial charge on any atom is -0.466 e. The Bertz CT molecular complexity index is 405. The van der Waals surface area contributed by atoms with Gasteiger partial charge in [-0.3, -0.25) is 4.79 Å². The first-order chi connectivity index (χ1) is 8.72. The molecule has 1 N–H and O–H groups in total. The van der Waals surface area contributed by atoms with E-state index in [2.05, 4.69) is 5.32 Å². The van der Waals surface area contributed by atoms with Gasteiger partial charge in [-0.2, -0.15) is 0 Å². The monoisotopic (exact) mass is 251 g/mol. The summed E-state index contributed by atoms with van der Waals surface area (Å²) in [6, 6.07) is 6.41. The van der Waals surface area contributed by atoms with Gasteiger partial charge in [0, 0.05) is 6.54 Å². The average Bonchev–Trinajstić information content (AvgIpc) is 2.40. The van der Waals surface area contributed by atoms with Gasteiger partial charge in [-0.1, -0.05) is 12.1 Å². The van der Waals surface area contributed by atoms with E-state index in [1.807, 2.05) is 0 Å². The van der Waals surface area contributed by atoms with Gasteiger partial charge in [0.25, 0.3) is 0 Å². The molecular weight excluding hydrogens is 233 g/mol. The van der Waals surface area contributed by atoms with Gasteiger partial charge in [-0.15, -0.1) is 0 Å². The first-order valence-corrected chi connectivity index (χ1v) is 6.35. The van der Waals surface area contributed by atoms with Crippen molar-refractivity contribution in [3.05, 3.63) is 35.6 Å². The van der Waals surface area contributed by atoms with Crippen molar-refractivity contribution >= 4 is 5.97 Å². The summed E-state index contributed by atoms with van der Waals surface area (Å²) >= 11 is 0. The quantitative estimate of drug-likeness (QED) is 0.836. The summed E-state index contributed by atoms with van der Waals surface area (Å²) in [5.41, 5.74) is 1.01. The molecule has 2 atom stereocenters. The fraction of sp³-hybridized carbons (Fsp3) is 0.500. The molecule has 98 valence electrons. The normalized spacial score (nSPS) is 23.7. The van der Waals surface area contributed by atoms with E-state index in [1.54, 1.807) is 19.1 Å². The minimum atomic E-state index is -0.250. The van der Waals surface area contributed by atoms with Crippen LogP contribution in [-0.2, 0) is 9.53 Å². The maximum atomic E-state index is 12.9. The van der Waals surface area contributed by atoms with Gasteiger partial charge in [-0.25, -0.2) is 4.39 Å². The molecule has 0 bridgehead atoms. The summed E-state index contributed by atoms with van der Waals surface area (Å²) in [5.74, 6) is -0.477. The van der Waals surface area contributed by atoms with E-state index in [0.717, 1.165) is 18.5 Å². The molecule has 0 amide bonds. The van der Waals surface area contributed by atoms with Crippen LogP contribution in [0.1, 0.15) is 24.8 Å². The Morgan fingerprint density at radius 1 is 1.44 bits per heavy atom. The molecule has 1 heterocycles. The van der Waals surface area contributed by atoms with Crippen LogP contribution in [0.4, 0.5) is 4.39 Å². The molecule has 0 aromatic heterocycles. The number of carbonyl (C=O) groups excluding carboxylic acids is 1. The van der Waals surface area contributed by atoms with E-state index in [4.69, 9.17) is 4.74 Å². The third kappa shape index (κ3) is 2.88. The standard InChI is InChI=1S/C14H18FNO2/c1-2-18-14(17)13-9-16-8-7-12(13)10-3-5-11(15)6-4-10/h3-6,12-13,16H,2,7-9H2,1H3/t12-,13+/m1/s1. The Hall–Kier alpha value is -1.42. The first kappa shape index (κ1) is 13.0. The molecule has 2 rings (SSSR count). The fourth-order valence-corrected chi connectivity index (χ4v) is 2.46. The molecule has 0 radical (unpaired) electrons. The van der Waals surface area contributed by atoms with Crippen molar-refractivity contribution < 1.29 is 13.9 Å². The average molecular weight is 251 g/mol. The van der Waals surface area contributed by atoms with Crippen LogP contribution in [0.2, 0.25) is 0 Å². The summed E-state index contributed by atoms with van der Waals surface area (Å²) in [5, 5.41) is 3.21. The molecule has 1 aromatic rings. The molecule has 1 aliphatic rings. The van der Waals surface area contributed by atoms with E-state index < -0.39 is 0 Å². The molecule has 0 spiro atoms. The van der Waals surface area contributed by atoms with Crippen molar-refractivity contribution in [2.24, 2.45) is 5.92 Å². The van der Waals surface area contributed by atoms with Gasteiger partial charge in [0.05, 0.1) is 12.5 Å². The summed E-state index contributed by atoms with van der Waals surface area (Å²) in [6.45, 7) is 3.70. The highest BCUT2D eigenvalue weighted by molar-refractivity contribution is 5.74. The van der Waals surface area contributed by atoms with Gasteiger partial charge < -0.3 is 10.1 Å². The summed E-state index contributed by atoms with van der Waals surface area (Å²) in [7, 11) is 0. The van der Waals surface area contributed by atoms with Crippen LogP contribution in [0.5, 0.6) is 0 Å².